The summed E-state index contributed by atoms with van der Waals surface area (Å²) in [4.78, 5) is 24.0. The Morgan fingerprint density at radius 2 is 0.667 bits per heavy atom. The highest BCUT2D eigenvalue weighted by molar-refractivity contribution is 5.69. The summed E-state index contributed by atoms with van der Waals surface area (Å²) >= 11 is 0. The van der Waals surface area contributed by atoms with Crippen molar-refractivity contribution in [3.05, 3.63) is 0 Å². The van der Waals surface area contributed by atoms with Crippen LogP contribution in [0.4, 0.5) is 0 Å². The first-order valence-corrected chi connectivity index (χ1v) is 22.8. The Morgan fingerprint density at radius 1 is 0.412 bits per heavy atom. The molecule has 0 aromatic rings. The molecule has 0 saturated carbocycles. The van der Waals surface area contributed by atoms with Gasteiger partial charge in [-0.1, -0.05) is 227 Å². The molecule has 0 radical (unpaired) electrons. The van der Waals surface area contributed by atoms with Gasteiger partial charge < -0.3 is 14.6 Å². The van der Waals surface area contributed by atoms with Gasteiger partial charge in [0.1, 0.15) is 19.3 Å². The smallest absolute Gasteiger partial charge is 0.305 e. The van der Waals surface area contributed by atoms with Gasteiger partial charge in [0, 0.05) is 12.8 Å². The van der Waals surface area contributed by atoms with E-state index in [4.69, 9.17) is 9.47 Å². The molecule has 51 heavy (non-hydrogen) atoms. The van der Waals surface area contributed by atoms with Crippen molar-refractivity contribution in [3.63, 3.8) is 0 Å². The Morgan fingerprint density at radius 3 is 0.941 bits per heavy atom. The molecular formula is C46H90O5. The molecule has 0 rings (SSSR count). The van der Waals surface area contributed by atoms with Gasteiger partial charge in [-0.2, -0.15) is 0 Å². The van der Waals surface area contributed by atoms with E-state index in [1.807, 2.05) is 0 Å². The maximum atomic E-state index is 12.0. The summed E-state index contributed by atoms with van der Waals surface area (Å²) < 4.78 is 10.4. The van der Waals surface area contributed by atoms with E-state index in [0.717, 1.165) is 37.5 Å². The van der Waals surface area contributed by atoms with Crippen LogP contribution in [0.5, 0.6) is 0 Å². The van der Waals surface area contributed by atoms with E-state index in [9.17, 15) is 14.7 Å². The van der Waals surface area contributed by atoms with Crippen LogP contribution in [0.1, 0.15) is 252 Å². The maximum absolute atomic E-state index is 12.0. The minimum atomic E-state index is -0.957. The molecule has 304 valence electrons. The van der Waals surface area contributed by atoms with Gasteiger partial charge >= 0.3 is 11.9 Å². The highest BCUT2D eigenvalue weighted by Crippen LogP contribution is 2.18. The number of hydrogen-bond acceptors (Lipinski definition) is 5. The molecule has 0 bridgehead atoms. The molecule has 0 aromatic heterocycles. The van der Waals surface area contributed by atoms with E-state index in [1.54, 1.807) is 0 Å². The molecule has 1 N–H and O–H groups in total. The van der Waals surface area contributed by atoms with Crippen LogP contribution in [-0.4, -0.2) is 36.4 Å². The summed E-state index contributed by atoms with van der Waals surface area (Å²) in [6.07, 6.45) is 43.1. The number of rotatable bonds is 41. The van der Waals surface area contributed by atoms with Crippen molar-refractivity contribution < 1.29 is 24.2 Å². The van der Waals surface area contributed by atoms with Gasteiger partial charge in [0.25, 0.3) is 0 Å². The van der Waals surface area contributed by atoms with Crippen LogP contribution < -0.4 is 0 Å². The van der Waals surface area contributed by atoms with E-state index in [2.05, 4.69) is 27.7 Å². The fourth-order valence-electron chi connectivity index (χ4n) is 6.96. The van der Waals surface area contributed by atoms with Crippen LogP contribution in [-0.2, 0) is 19.1 Å². The van der Waals surface area contributed by atoms with Gasteiger partial charge in [-0.15, -0.1) is 0 Å². The predicted molar refractivity (Wildman–Crippen MR) is 219 cm³/mol. The number of unbranched alkanes of at least 4 members (excludes halogenated alkanes) is 28. The first kappa shape index (κ1) is 49.9. The van der Waals surface area contributed by atoms with Gasteiger partial charge in [0.05, 0.1) is 0 Å². The third kappa shape index (κ3) is 41.5. The van der Waals surface area contributed by atoms with E-state index in [1.165, 1.54) is 186 Å². The standard InChI is InChI=1S/C46H90O5/c1-5-43(4)37-33-29-25-21-17-12-10-8-6-7-9-11-13-18-22-26-30-34-38-45(48)50-40-44(47)41-51-46(49)39-35-31-27-23-19-15-14-16-20-24-28-32-36-42(2)3/h42-44,47H,5-41H2,1-4H3/t43?,44-/m1/s1. The minimum absolute atomic E-state index is 0.108. The van der Waals surface area contributed by atoms with Crippen molar-refractivity contribution in [2.24, 2.45) is 11.8 Å². The van der Waals surface area contributed by atoms with Gasteiger partial charge in [-0.25, -0.2) is 0 Å². The third-order valence-corrected chi connectivity index (χ3v) is 10.8. The highest BCUT2D eigenvalue weighted by Gasteiger charge is 2.12. The topological polar surface area (TPSA) is 72.8 Å². The Balaban J connectivity index is 3.35. The summed E-state index contributed by atoms with van der Waals surface area (Å²) in [5.41, 5.74) is 0. The molecule has 0 heterocycles. The minimum Gasteiger partial charge on any atom is -0.463 e. The third-order valence-electron chi connectivity index (χ3n) is 10.8. The molecule has 1 unspecified atom stereocenters. The number of aliphatic hydroxyl groups is 1. The second-order valence-corrected chi connectivity index (χ2v) is 16.6. The number of carbonyl (C=O) groups is 2. The average molecular weight is 723 g/mol. The lowest BCUT2D eigenvalue weighted by Gasteiger charge is -2.12. The van der Waals surface area contributed by atoms with E-state index < -0.39 is 6.10 Å². The average Bonchev–Trinajstić information content (AvgIpc) is 3.12. The summed E-state index contributed by atoms with van der Waals surface area (Å²) in [5.74, 6) is 1.21. The fourth-order valence-corrected chi connectivity index (χ4v) is 6.96. The molecule has 0 fully saturated rings. The van der Waals surface area contributed by atoms with Crippen LogP contribution >= 0.6 is 0 Å². The van der Waals surface area contributed by atoms with Gasteiger partial charge in [-0.3, -0.25) is 9.59 Å². The summed E-state index contributed by atoms with van der Waals surface area (Å²) in [5, 5.41) is 10.0. The van der Waals surface area contributed by atoms with Crippen LogP contribution in [0.3, 0.4) is 0 Å². The lowest BCUT2D eigenvalue weighted by Crippen LogP contribution is -2.25. The Kier molecular flexibility index (Phi) is 39.2. The zero-order chi connectivity index (χ0) is 37.5. The second-order valence-electron chi connectivity index (χ2n) is 16.6. The highest BCUT2D eigenvalue weighted by atomic mass is 16.6. The Hall–Kier alpha value is -1.10. The number of ether oxygens (including phenoxy) is 2. The van der Waals surface area contributed by atoms with Gasteiger partial charge in [0.15, 0.2) is 0 Å². The predicted octanol–water partition coefficient (Wildman–Crippen LogP) is 14.4. The van der Waals surface area contributed by atoms with Crippen molar-refractivity contribution in [1.29, 1.82) is 0 Å². The monoisotopic (exact) mass is 723 g/mol. The maximum Gasteiger partial charge on any atom is 0.305 e. The normalized spacial score (nSPS) is 12.7. The van der Waals surface area contributed by atoms with Crippen molar-refractivity contribution in [2.45, 2.75) is 259 Å². The summed E-state index contributed by atoms with van der Waals surface area (Å²) in [6.45, 7) is 9.09. The zero-order valence-corrected chi connectivity index (χ0v) is 35.0. The van der Waals surface area contributed by atoms with Crippen molar-refractivity contribution >= 4 is 11.9 Å². The van der Waals surface area contributed by atoms with Gasteiger partial charge in [-0.05, 0) is 24.7 Å². The number of hydrogen-bond donors (Lipinski definition) is 1. The number of aliphatic hydroxyl groups excluding tert-OH is 1. The summed E-state index contributed by atoms with van der Waals surface area (Å²) in [6, 6.07) is 0. The van der Waals surface area contributed by atoms with Crippen LogP contribution in [0.2, 0.25) is 0 Å². The molecule has 0 aliphatic carbocycles. The molecule has 0 spiro atoms. The molecule has 0 aliphatic rings. The van der Waals surface area contributed by atoms with Crippen molar-refractivity contribution in [1.82, 2.24) is 0 Å². The first-order chi connectivity index (χ1) is 24.8. The lowest BCUT2D eigenvalue weighted by atomic mass is 9.99. The van der Waals surface area contributed by atoms with E-state index >= 15 is 0 Å². The molecule has 0 amide bonds. The molecule has 0 aromatic carbocycles. The molecule has 5 heteroatoms. The molecule has 0 saturated heterocycles. The quantitative estimate of drug-likeness (QED) is 0.0502. The van der Waals surface area contributed by atoms with Crippen LogP contribution in [0.15, 0.2) is 0 Å². The number of carbonyl (C=O) groups excluding carboxylic acids is 2. The molecule has 0 aliphatic heterocycles. The van der Waals surface area contributed by atoms with E-state index in [-0.39, 0.29) is 25.2 Å². The molecular weight excluding hydrogens is 633 g/mol. The number of esters is 2. The largest absolute Gasteiger partial charge is 0.463 e. The Bertz CT molecular complexity index is 722. The fraction of sp³-hybridized carbons (Fsp3) is 0.957. The van der Waals surface area contributed by atoms with Crippen molar-refractivity contribution in [2.75, 3.05) is 13.2 Å². The second kappa shape index (κ2) is 40.1. The zero-order valence-electron chi connectivity index (χ0n) is 35.0. The SMILES string of the molecule is CCC(C)CCCCCCCCCCCCCCCCCCCCC(=O)OC[C@@H](O)COC(=O)CCCCCCCCCCCCCCC(C)C. The van der Waals surface area contributed by atoms with Crippen molar-refractivity contribution in [3.8, 4) is 0 Å². The first-order valence-electron chi connectivity index (χ1n) is 22.8. The lowest BCUT2D eigenvalue weighted by molar-refractivity contribution is -0.152. The van der Waals surface area contributed by atoms with Gasteiger partial charge in [0.2, 0.25) is 0 Å². The summed E-state index contributed by atoms with van der Waals surface area (Å²) in [7, 11) is 0. The molecule has 5 nitrogen and oxygen atoms in total. The molecule has 2 atom stereocenters. The van der Waals surface area contributed by atoms with Crippen LogP contribution in [0.25, 0.3) is 0 Å². The van der Waals surface area contributed by atoms with E-state index in [0.29, 0.717) is 12.8 Å². The van der Waals surface area contributed by atoms with Crippen LogP contribution in [0, 0.1) is 11.8 Å². The Labute approximate surface area is 319 Å².